The van der Waals surface area contributed by atoms with E-state index in [0.29, 0.717) is 28.3 Å². The first-order chi connectivity index (χ1) is 21.0. The number of aryl methyl sites for hydroxylation is 2. The maximum atomic E-state index is 6.12. The highest BCUT2D eigenvalue weighted by Crippen LogP contribution is 2.34. The summed E-state index contributed by atoms with van der Waals surface area (Å²) in [5.41, 5.74) is 3.42. The van der Waals surface area contributed by atoms with Crippen molar-refractivity contribution < 1.29 is 18.5 Å². The lowest BCUT2D eigenvalue weighted by molar-refractivity contribution is 0.174. The SMILES string of the molecule is Cc1csc2nc(-c3ccno3)nc(Cl)c12.Cc1csc2nc(-c3ccno3)nc(NCCc3ccc4c(c3)OCO4)c12. The number of aromatic nitrogens is 6. The van der Waals surface area contributed by atoms with E-state index in [1.54, 1.807) is 47.2 Å². The van der Waals surface area contributed by atoms with Crippen LogP contribution in [0.25, 0.3) is 43.6 Å². The Morgan fingerprint density at radius 1 is 0.791 bits per heavy atom. The number of hydrogen-bond acceptors (Lipinski definition) is 13. The molecule has 0 saturated heterocycles. The monoisotopic (exact) mass is 631 g/mol. The van der Waals surface area contributed by atoms with E-state index in [4.69, 9.17) is 30.1 Å². The number of benzene rings is 1. The van der Waals surface area contributed by atoms with E-state index in [2.05, 4.69) is 53.9 Å². The minimum Gasteiger partial charge on any atom is -0.454 e. The molecule has 11 nitrogen and oxygen atoms in total. The van der Waals surface area contributed by atoms with Gasteiger partial charge in [-0.3, -0.25) is 0 Å². The van der Waals surface area contributed by atoms with Crippen molar-refractivity contribution in [3.05, 3.63) is 75.3 Å². The molecule has 6 aromatic heterocycles. The smallest absolute Gasteiger partial charge is 0.231 e. The summed E-state index contributed by atoms with van der Waals surface area (Å²) in [7, 11) is 0. The summed E-state index contributed by atoms with van der Waals surface area (Å²) in [5.74, 6) is 4.50. The number of fused-ring (bicyclic) bond motifs is 3. The topological polar surface area (TPSA) is 134 Å². The van der Waals surface area contributed by atoms with Crippen LogP contribution in [-0.4, -0.2) is 43.6 Å². The molecule has 0 saturated carbocycles. The van der Waals surface area contributed by atoms with Gasteiger partial charge in [-0.15, -0.1) is 22.7 Å². The molecule has 8 rings (SSSR count). The molecular formula is C29H22ClN7O4S2. The molecule has 0 aliphatic carbocycles. The Kier molecular flexibility index (Phi) is 7.35. The lowest BCUT2D eigenvalue weighted by Gasteiger charge is -2.09. The van der Waals surface area contributed by atoms with Gasteiger partial charge in [0.1, 0.15) is 20.6 Å². The van der Waals surface area contributed by atoms with Crippen LogP contribution in [0.4, 0.5) is 5.82 Å². The number of rotatable bonds is 6. The molecule has 0 unspecified atom stereocenters. The molecule has 0 bridgehead atoms. The fourth-order valence-electron chi connectivity index (χ4n) is 4.55. The summed E-state index contributed by atoms with van der Waals surface area (Å²) >= 11 is 9.26. The van der Waals surface area contributed by atoms with Crippen molar-refractivity contribution in [2.45, 2.75) is 20.3 Å². The van der Waals surface area contributed by atoms with Crippen molar-refractivity contribution >= 4 is 60.5 Å². The molecule has 0 spiro atoms. The van der Waals surface area contributed by atoms with Crippen molar-refractivity contribution in [1.29, 1.82) is 0 Å². The Bertz CT molecular complexity index is 2040. The minimum atomic E-state index is 0.289. The Balaban J connectivity index is 0.000000160. The first-order valence-electron chi connectivity index (χ1n) is 13.1. The molecule has 0 atom stereocenters. The third kappa shape index (κ3) is 5.49. The quantitative estimate of drug-likeness (QED) is 0.185. The summed E-state index contributed by atoms with van der Waals surface area (Å²) in [6.07, 6.45) is 3.98. The predicted octanol–water partition coefficient (Wildman–Crippen LogP) is 7.35. The molecule has 43 heavy (non-hydrogen) atoms. The van der Waals surface area contributed by atoms with Crippen LogP contribution < -0.4 is 14.8 Å². The molecule has 0 fully saturated rings. The van der Waals surface area contributed by atoms with Crippen LogP contribution in [0, 0.1) is 13.8 Å². The van der Waals surface area contributed by atoms with Gasteiger partial charge in [0.15, 0.2) is 11.5 Å². The number of thiophene rings is 2. The summed E-state index contributed by atoms with van der Waals surface area (Å²) < 4.78 is 21.0. The van der Waals surface area contributed by atoms with Crippen LogP contribution in [0.5, 0.6) is 11.5 Å². The Morgan fingerprint density at radius 3 is 2.14 bits per heavy atom. The van der Waals surface area contributed by atoms with Gasteiger partial charge >= 0.3 is 0 Å². The van der Waals surface area contributed by atoms with Crippen LogP contribution in [0.2, 0.25) is 5.15 Å². The predicted molar refractivity (Wildman–Crippen MR) is 165 cm³/mol. The van der Waals surface area contributed by atoms with Crippen LogP contribution in [0.1, 0.15) is 16.7 Å². The van der Waals surface area contributed by atoms with Gasteiger partial charge < -0.3 is 23.8 Å². The molecule has 1 aromatic carbocycles. The fraction of sp³-hybridized carbons (Fsp3) is 0.172. The highest BCUT2D eigenvalue weighted by atomic mass is 35.5. The second-order valence-electron chi connectivity index (χ2n) is 9.55. The molecular weight excluding hydrogens is 610 g/mol. The molecule has 1 aliphatic heterocycles. The Labute approximate surface area is 257 Å². The zero-order valence-corrected chi connectivity index (χ0v) is 25.2. The van der Waals surface area contributed by atoms with E-state index in [9.17, 15) is 0 Å². The number of anilines is 1. The van der Waals surface area contributed by atoms with Gasteiger partial charge in [0.2, 0.25) is 30.0 Å². The molecule has 0 amide bonds. The van der Waals surface area contributed by atoms with Crippen LogP contribution in [0.15, 0.2) is 62.5 Å². The Hall–Kier alpha value is -4.59. The number of ether oxygens (including phenoxy) is 2. The van der Waals surface area contributed by atoms with Crippen molar-refractivity contribution in [3.63, 3.8) is 0 Å². The summed E-state index contributed by atoms with van der Waals surface area (Å²) in [6.45, 7) is 5.08. The number of nitrogens with zero attached hydrogens (tertiary/aromatic N) is 6. The van der Waals surface area contributed by atoms with Crippen molar-refractivity contribution in [2.75, 3.05) is 18.7 Å². The largest absolute Gasteiger partial charge is 0.454 e. The third-order valence-corrected chi connectivity index (χ3v) is 8.90. The molecule has 1 aliphatic rings. The van der Waals surface area contributed by atoms with Gasteiger partial charge in [-0.2, -0.15) is 0 Å². The highest BCUT2D eigenvalue weighted by Gasteiger charge is 2.17. The van der Waals surface area contributed by atoms with E-state index >= 15 is 0 Å². The summed E-state index contributed by atoms with van der Waals surface area (Å²) in [5, 5.41) is 17.3. The molecule has 14 heteroatoms. The second kappa shape index (κ2) is 11.6. The minimum absolute atomic E-state index is 0.289. The summed E-state index contributed by atoms with van der Waals surface area (Å²) in [6, 6.07) is 9.50. The van der Waals surface area contributed by atoms with Crippen LogP contribution in [0.3, 0.4) is 0 Å². The standard InChI is InChI=1S/C19H16N4O3S.C10H6ClN3OS/c1-11-9-27-19-16(11)18(22-17(23-19)14-5-7-21-26-14)20-6-4-12-2-3-13-15(8-12)25-10-24-13;1-5-4-16-10-7(5)8(11)13-9(14-10)6-2-3-12-15-6/h2-3,5,7-9H,4,6,10H2,1H3,(H,20,22,23);2-4H,1H3. The van der Waals surface area contributed by atoms with Gasteiger partial charge in [-0.1, -0.05) is 28.0 Å². The zero-order chi connectivity index (χ0) is 29.3. The van der Waals surface area contributed by atoms with Crippen molar-refractivity contribution in [2.24, 2.45) is 0 Å². The average molecular weight is 632 g/mol. The fourth-order valence-corrected chi connectivity index (χ4v) is 6.77. The normalized spacial score (nSPS) is 12.1. The Morgan fingerprint density at radius 2 is 1.44 bits per heavy atom. The third-order valence-electron chi connectivity index (χ3n) is 6.65. The molecule has 0 radical (unpaired) electrons. The van der Waals surface area contributed by atoms with Gasteiger partial charge in [0.25, 0.3) is 0 Å². The average Bonchev–Trinajstić information content (AvgIpc) is 3.85. The van der Waals surface area contributed by atoms with E-state index in [0.717, 1.165) is 61.8 Å². The highest BCUT2D eigenvalue weighted by molar-refractivity contribution is 7.17. The first-order valence-corrected chi connectivity index (χ1v) is 15.3. The van der Waals surface area contributed by atoms with Gasteiger partial charge in [0, 0.05) is 18.7 Å². The lowest BCUT2D eigenvalue weighted by Crippen LogP contribution is -2.08. The van der Waals surface area contributed by atoms with Crippen molar-refractivity contribution in [1.82, 2.24) is 30.2 Å². The van der Waals surface area contributed by atoms with Crippen LogP contribution >= 0.6 is 34.3 Å². The molecule has 1 N–H and O–H groups in total. The zero-order valence-electron chi connectivity index (χ0n) is 22.8. The van der Waals surface area contributed by atoms with Gasteiger partial charge in [-0.05, 0) is 59.9 Å². The van der Waals surface area contributed by atoms with E-state index < -0.39 is 0 Å². The van der Waals surface area contributed by atoms with Gasteiger partial charge in [-0.25, -0.2) is 19.9 Å². The molecule has 7 heterocycles. The maximum absolute atomic E-state index is 6.12. The van der Waals surface area contributed by atoms with Crippen molar-refractivity contribution in [3.8, 4) is 34.7 Å². The first kappa shape index (κ1) is 27.3. The number of halogens is 1. The van der Waals surface area contributed by atoms with Crippen LogP contribution in [-0.2, 0) is 6.42 Å². The number of nitrogens with one attached hydrogen (secondary N) is 1. The molecule has 7 aromatic rings. The lowest BCUT2D eigenvalue weighted by atomic mass is 10.1. The second-order valence-corrected chi connectivity index (χ2v) is 11.6. The van der Waals surface area contributed by atoms with Gasteiger partial charge in [0.05, 0.1) is 23.2 Å². The van der Waals surface area contributed by atoms with E-state index in [1.807, 2.05) is 24.4 Å². The molecule has 216 valence electrons. The maximum Gasteiger partial charge on any atom is 0.231 e. The van der Waals surface area contributed by atoms with E-state index in [-0.39, 0.29) is 6.79 Å². The summed E-state index contributed by atoms with van der Waals surface area (Å²) in [4.78, 5) is 19.7. The number of hydrogen-bond donors (Lipinski definition) is 1. The van der Waals surface area contributed by atoms with E-state index in [1.165, 1.54) is 5.56 Å².